The van der Waals surface area contributed by atoms with Gasteiger partial charge in [0.2, 0.25) is 5.88 Å². The van der Waals surface area contributed by atoms with E-state index in [2.05, 4.69) is 16.0 Å². The number of benzene rings is 2. The summed E-state index contributed by atoms with van der Waals surface area (Å²) < 4.78 is 12.2. The first-order valence-electron chi connectivity index (χ1n) is 14.8. The molecule has 6 rings (SSSR count). The third kappa shape index (κ3) is 6.35. The maximum absolute atomic E-state index is 13.3. The van der Waals surface area contributed by atoms with Gasteiger partial charge in [-0.3, -0.25) is 0 Å². The number of carbonyl (C=O) groups excluding carboxylic acids is 1. The molecule has 1 aliphatic carbocycles. The van der Waals surface area contributed by atoms with Gasteiger partial charge in [-0.1, -0.05) is 42.3 Å². The average molecular weight is 573 g/mol. The monoisotopic (exact) mass is 572 g/mol. The number of fused-ring (bicyclic) bond motifs is 2. The van der Waals surface area contributed by atoms with Crippen LogP contribution < -0.4 is 4.74 Å². The molecule has 6 nitrogen and oxygen atoms in total. The van der Waals surface area contributed by atoms with Crippen LogP contribution in [0.5, 0.6) is 11.6 Å². The summed E-state index contributed by atoms with van der Waals surface area (Å²) in [5, 5.41) is 11.9. The summed E-state index contributed by atoms with van der Waals surface area (Å²) in [4.78, 5) is 20.2. The molecule has 0 amide bonds. The van der Waals surface area contributed by atoms with Crippen molar-refractivity contribution in [3.63, 3.8) is 0 Å². The molecular weight excluding hydrogens is 536 g/mol. The molecule has 3 heterocycles. The van der Waals surface area contributed by atoms with Crippen LogP contribution in [0.15, 0.2) is 66.9 Å². The van der Waals surface area contributed by atoms with Crippen molar-refractivity contribution in [2.75, 3.05) is 19.6 Å². The summed E-state index contributed by atoms with van der Waals surface area (Å²) in [7, 11) is 0. The second-order valence-electron chi connectivity index (χ2n) is 11.5. The second kappa shape index (κ2) is 12.4. The van der Waals surface area contributed by atoms with Crippen molar-refractivity contribution in [1.82, 2.24) is 9.88 Å². The van der Waals surface area contributed by atoms with Crippen molar-refractivity contribution in [1.29, 1.82) is 0 Å². The van der Waals surface area contributed by atoms with E-state index in [1.54, 1.807) is 6.20 Å². The van der Waals surface area contributed by atoms with Gasteiger partial charge in [0.05, 0.1) is 11.2 Å². The number of pyridine rings is 1. The fourth-order valence-electron chi connectivity index (χ4n) is 6.34. The first-order chi connectivity index (χ1) is 20.0. The molecule has 7 heteroatoms. The first kappa shape index (κ1) is 28.0. The molecule has 1 saturated carbocycles. The van der Waals surface area contributed by atoms with Gasteiger partial charge in [0.25, 0.3) is 0 Å². The van der Waals surface area contributed by atoms with Crippen molar-refractivity contribution in [2.45, 2.75) is 69.5 Å². The molecule has 0 atom stereocenters. The highest BCUT2D eigenvalue weighted by molar-refractivity contribution is 6.30. The summed E-state index contributed by atoms with van der Waals surface area (Å²) in [6.45, 7) is 2.53. The Morgan fingerprint density at radius 2 is 1.85 bits per heavy atom. The van der Waals surface area contributed by atoms with Crippen LogP contribution in [0.25, 0.3) is 5.57 Å². The minimum Gasteiger partial charge on any atom is -0.459 e. The number of piperidine rings is 1. The fraction of sp³-hybridized carbons (Fsp3) is 0.412. The number of allylic oxidation sites excluding steroid dienone is 1. The summed E-state index contributed by atoms with van der Waals surface area (Å²) in [6.07, 6.45) is 12.1. The predicted molar refractivity (Wildman–Crippen MR) is 160 cm³/mol. The van der Waals surface area contributed by atoms with E-state index in [9.17, 15) is 9.90 Å². The molecule has 2 aliphatic heterocycles. The van der Waals surface area contributed by atoms with Crippen molar-refractivity contribution in [3.8, 4) is 11.6 Å². The van der Waals surface area contributed by atoms with Crippen LogP contribution >= 0.6 is 11.6 Å². The lowest BCUT2D eigenvalue weighted by molar-refractivity contribution is -0.0254. The highest BCUT2D eigenvalue weighted by Gasteiger charge is 2.34. The Balaban J connectivity index is 1.16. The largest absolute Gasteiger partial charge is 0.459 e. The molecule has 214 valence electrons. The Kier molecular flexibility index (Phi) is 8.42. The minimum absolute atomic E-state index is 0.00503. The SMILES string of the molecule is O=C(OC1CCCCC1)c1cccc2c1C/C(=C/CCN1CCC(O)(c3ccc(Cl)cc3)CC1)c1cccnc1O2. The molecule has 3 aromatic rings. The Hall–Kier alpha value is -3.19. The molecule has 1 N–H and O–H groups in total. The van der Waals surface area contributed by atoms with Crippen LogP contribution in [-0.2, 0) is 16.8 Å². The number of ether oxygens (including phenoxy) is 2. The molecular formula is C34H37ClN2O4. The van der Waals surface area contributed by atoms with E-state index in [1.807, 2.05) is 54.6 Å². The molecule has 0 spiro atoms. The van der Waals surface area contributed by atoms with Gasteiger partial charge in [0.1, 0.15) is 11.9 Å². The first-order valence-corrected chi connectivity index (χ1v) is 15.2. The van der Waals surface area contributed by atoms with Gasteiger partial charge >= 0.3 is 5.97 Å². The molecule has 2 aromatic carbocycles. The normalized spacial score (nSPS) is 20.0. The van der Waals surface area contributed by atoms with Gasteiger partial charge in [-0.25, -0.2) is 9.78 Å². The standard InChI is InChI=1S/C34H37ClN2O4/c35-26-15-13-25(14-16-26)34(39)17-21-37(22-18-34)20-6-7-24-23-30-29(33(38)40-27-8-2-1-3-9-27)10-4-12-31(30)41-32-28(24)11-5-19-36-32/h4-5,7,10-16,19,27,39H,1-3,6,8-9,17-18,20-23H2/b24-7-. The van der Waals surface area contributed by atoms with Crippen LogP contribution in [0, 0.1) is 0 Å². The van der Waals surface area contributed by atoms with Gasteiger partial charge in [-0.15, -0.1) is 0 Å². The maximum Gasteiger partial charge on any atom is 0.338 e. The number of nitrogens with zero attached hydrogens (tertiary/aromatic N) is 2. The lowest BCUT2D eigenvalue weighted by atomic mass is 9.84. The Labute approximate surface area is 247 Å². The van der Waals surface area contributed by atoms with Crippen molar-refractivity contribution in [3.05, 3.63) is 94.1 Å². The number of aromatic nitrogens is 1. The van der Waals surface area contributed by atoms with Crippen LogP contribution in [0.4, 0.5) is 0 Å². The van der Waals surface area contributed by atoms with Crippen LogP contribution in [0.1, 0.15) is 78.4 Å². The van der Waals surface area contributed by atoms with E-state index in [4.69, 9.17) is 21.1 Å². The fourth-order valence-corrected chi connectivity index (χ4v) is 6.46. The minimum atomic E-state index is -0.810. The smallest absolute Gasteiger partial charge is 0.338 e. The molecule has 1 saturated heterocycles. The van der Waals surface area contributed by atoms with Gasteiger partial charge in [0.15, 0.2) is 0 Å². The highest BCUT2D eigenvalue weighted by Crippen LogP contribution is 2.40. The van der Waals surface area contributed by atoms with Gasteiger partial charge < -0.3 is 19.5 Å². The number of aliphatic hydroxyl groups is 1. The van der Waals surface area contributed by atoms with Crippen LogP contribution in [-0.4, -0.2) is 46.7 Å². The van der Waals surface area contributed by atoms with E-state index in [-0.39, 0.29) is 12.1 Å². The van der Waals surface area contributed by atoms with E-state index < -0.39 is 5.60 Å². The number of esters is 1. The van der Waals surface area contributed by atoms with E-state index >= 15 is 0 Å². The number of hydrogen-bond acceptors (Lipinski definition) is 6. The highest BCUT2D eigenvalue weighted by atomic mass is 35.5. The van der Waals surface area contributed by atoms with Gasteiger partial charge in [-0.05, 0) is 92.5 Å². The maximum atomic E-state index is 13.3. The summed E-state index contributed by atoms with van der Waals surface area (Å²) >= 11 is 6.04. The summed E-state index contributed by atoms with van der Waals surface area (Å²) in [6, 6.07) is 17.1. The van der Waals surface area contributed by atoms with Crippen molar-refractivity contribution >= 4 is 23.1 Å². The number of halogens is 1. The van der Waals surface area contributed by atoms with E-state index in [0.717, 1.165) is 74.0 Å². The quantitative estimate of drug-likeness (QED) is 0.312. The zero-order chi connectivity index (χ0) is 28.2. The third-order valence-electron chi connectivity index (χ3n) is 8.77. The molecule has 3 aliphatic rings. The summed E-state index contributed by atoms with van der Waals surface area (Å²) in [5.74, 6) is 0.947. The van der Waals surface area contributed by atoms with Gasteiger partial charge in [-0.2, -0.15) is 0 Å². The third-order valence-corrected chi connectivity index (χ3v) is 9.02. The summed E-state index contributed by atoms with van der Waals surface area (Å²) in [5.41, 5.74) is 3.59. The zero-order valence-corrected chi connectivity index (χ0v) is 24.1. The Morgan fingerprint density at radius 3 is 2.63 bits per heavy atom. The van der Waals surface area contributed by atoms with Crippen LogP contribution in [0.2, 0.25) is 5.02 Å². The van der Waals surface area contributed by atoms with E-state index in [1.165, 1.54) is 6.42 Å². The van der Waals surface area contributed by atoms with Crippen molar-refractivity contribution < 1.29 is 19.4 Å². The molecule has 41 heavy (non-hydrogen) atoms. The molecule has 2 fully saturated rings. The predicted octanol–water partition coefficient (Wildman–Crippen LogP) is 7.33. The zero-order valence-electron chi connectivity index (χ0n) is 23.4. The topological polar surface area (TPSA) is 71.9 Å². The number of carbonyl (C=O) groups is 1. The number of hydrogen-bond donors (Lipinski definition) is 1. The average Bonchev–Trinajstić information content (AvgIpc) is 3.15. The van der Waals surface area contributed by atoms with Gasteiger partial charge in [0, 0.05) is 48.4 Å². The van der Waals surface area contributed by atoms with Crippen LogP contribution in [0.3, 0.4) is 0 Å². The second-order valence-corrected chi connectivity index (χ2v) is 11.9. The molecule has 1 aromatic heterocycles. The molecule has 0 bridgehead atoms. The number of rotatable bonds is 6. The Bertz CT molecular complexity index is 1410. The lowest BCUT2D eigenvalue weighted by Crippen LogP contribution is -2.42. The van der Waals surface area contributed by atoms with Crippen molar-refractivity contribution in [2.24, 2.45) is 0 Å². The lowest BCUT2D eigenvalue weighted by Gasteiger charge is -2.38. The number of likely N-dealkylation sites (tertiary alicyclic amines) is 1. The Morgan fingerprint density at radius 1 is 1.07 bits per heavy atom. The van der Waals surface area contributed by atoms with E-state index in [0.29, 0.717) is 41.5 Å². The molecule has 0 unspecified atom stereocenters. The molecule has 0 radical (unpaired) electrons.